The maximum absolute atomic E-state index is 12.9. The third kappa shape index (κ3) is 3.02. The summed E-state index contributed by atoms with van der Waals surface area (Å²) in [5.74, 6) is -0.737. The Morgan fingerprint density at radius 1 is 1.29 bits per heavy atom. The van der Waals surface area contributed by atoms with E-state index in [1.54, 1.807) is 18.7 Å². The highest BCUT2D eigenvalue weighted by Crippen LogP contribution is 2.33. The summed E-state index contributed by atoms with van der Waals surface area (Å²) < 4.78 is 38.4. The van der Waals surface area contributed by atoms with Crippen molar-refractivity contribution in [3.8, 4) is 0 Å². The van der Waals surface area contributed by atoms with E-state index in [1.165, 1.54) is 4.68 Å². The van der Waals surface area contributed by atoms with Gasteiger partial charge >= 0.3 is 0 Å². The molecule has 2 aliphatic rings. The Morgan fingerprint density at radius 2 is 1.88 bits per heavy atom. The summed E-state index contributed by atoms with van der Waals surface area (Å²) >= 11 is 5.90. The predicted molar refractivity (Wildman–Crippen MR) is 82.1 cm³/mol. The molecular weight excluding hydrogens is 344 g/mol. The van der Waals surface area contributed by atoms with Crippen LogP contribution in [0.1, 0.15) is 43.6 Å². The smallest absolute Gasteiger partial charge is 0.283 e. The molecular formula is C15H20ClF2N3O3. The fourth-order valence-electron chi connectivity index (χ4n) is 3.26. The summed E-state index contributed by atoms with van der Waals surface area (Å²) in [5, 5.41) is 3.75. The number of nitrogens with zero attached hydrogens (tertiary/aromatic N) is 3. The molecule has 6 nitrogen and oxygen atoms in total. The van der Waals surface area contributed by atoms with Gasteiger partial charge in [-0.05, 0) is 13.8 Å². The number of piperidine rings is 1. The zero-order chi connectivity index (χ0) is 17.5. The highest BCUT2D eigenvalue weighted by atomic mass is 35.5. The van der Waals surface area contributed by atoms with Gasteiger partial charge in [0, 0.05) is 25.9 Å². The lowest BCUT2D eigenvalue weighted by atomic mass is 10.0. The molecule has 1 atom stereocenters. The first-order valence-corrected chi connectivity index (χ1v) is 8.32. The van der Waals surface area contributed by atoms with E-state index >= 15 is 0 Å². The van der Waals surface area contributed by atoms with E-state index < -0.39 is 23.9 Å². The number of hydrogen-bond acceptors (Lipinski definition) is 4. The molecule has 0 N–H and O–H groups in total. The van der Waals surface area contributed by atoms with E-state index in [4.69, 9.17) is 21.1 Å². The van der Waals surface area contributed by atoms with Gasteiger partial charge in [-0.2, -0.15) is 5.10 Å². The van der Waals surface area contributed by atoms with Crippen molar-refractivity contribution in [3.05, 3.63) is 16.4 Å². The van der Waals surface area contributed by atoms with Crippen LogP contribution in [0.25, 0.3) is 0 Å². The average molecular weight is 364 g/mol. The predicted octanol–water partition coefficient (Wildman–Crippen LogP) is 2.71. The quantitative estimate of drug-likeness (QED) is 0.828. The Balaban J connectivity index is 1.70. The second-order valence-corrected chi connectivity index (χ2v) is 6.52. The van der Waals surface area contributed by atoms with E-state index in [2.05, 4.69) is 5.10 Å². The molecule has 3 rings (SSSR count). The number of aromatic nitrogens is 2. The molecule has 1 spiro atoms. The van der Waals surface area contributed by atoms with E-state index in [-0.39, 0.29) is 10.9 Å². The number of rotatable bonds is 3. The number of carbonyl (C=O) groups excluding carboxylic acids is 1. The molecule has 0 aliphatic carbocycles. The van der Waals surface area contributed by atoms with Crippen molar-refractivity contribution >= 4 is 17.5 Å². The number of likely N-dealkylation sites (tertiary alicyclic amines) is 1. The minimum Gasteiger partial charge on any atom is -0.347 e. The zero-order valence-corrected chi connectivity index (χ0v) is 14.4. The molecule has 0 saturated carbocycles. The average Bonchev–Trinajstić information content (AvgIpc) is 3.13. The SMILES string of the molecule is Cc1c(Cl)c(C(F)F)nn1[C@@H](C)C(=O)N1CCC2(CC1)OCCO2. The van der Waals surface area contributed by atoms with Gasteiger partial charge in [-0.15, -0.1) is 0 Å². The van der Waals surface area contributed by atoms with Gasteiger partial charge < -0.3 is 14.4 Å². The third-order valence-corrected chi connectivity index (χ3v) is 5.15. The Kier molecular flexibility index (Phi) is 4.81. The van der Waals surface area contributed by atoms with Crippen LogP contribution in [0.3, 0.4) is 0 Å². The first-order chi connectivity index (χ1) is 11.3. The highest BCUT2D eigenvalue weighted by Gasteiger charge is 2.41. The molecule has 24 heavy (non-hydrogen) atoms. The monoisotopic (exact) mass is 363 g/mol. The number of hydrogen-bond donors (Lipinski definition) is 0. The van der Waals surface area contributed by atoms with Gasteiger partial charge in [0.1, 0.15) is 11.7 Å². The molecule has 2 fully saturated rings. The summed E-state index contributed by atoms with van der Waals surface area (Å²) in [6.07, 6.45) is -1.56. The summed E-state index contributed by atoms with van der Waals surface area (Å²) in [4.78, 5) is 14.4. The fourth-order valence-corrected chi connectivity index (χ4v) is 3.47. The molecule has 1 amide bonds. The lowest BCUT2D eigenvalue weighted by molar-refractivity contribution is -0.188. The van der Waals surface area contributed by atoms with Gasteiger partial charge in [0.2, 0.25) is 5.91 Å². The Morgan fingerprint density at radius 3 is 2.38 bits per heavy atom. The second kappa shape index (κ2) is 6.57. The summed E-state index contributed by atoms with van der Waals surface area (Å²) in [6, 6.07) is -0.700. The molecule has 1 aromatic heterocycles. The largest absolute Gasteiger partial charge is 0.347 e. The van der Waals surface area contributed by atoms with Crippen LogP contribution in [0.5, 0.6) is 0 Å². The fraction of sp³-hybridized carbons (Fsp3) is 0.733. The second-order valence-electron chi connectivity index (χ2n) is 6.14. The van der Waals surface area contributed by atoms with Gasteiger partial charge in [0.05, 0.1) is 23.9 Å². The van der Waals surface area contributed by atoms with E-state index in [1.807, 2.05) is 0 Å². The van der Waals surface area contributed by atoms with Crippen LogP contribution in [-0.2, 0) is 14.3 Å². The lowest BCUT2D eigenvalue weighted by Gasteiger charge is -2.38. The van der Waals surface area contributed by atoms with E-state index in [0.29, 0.717) is 44.8 Å². The first kappa shape index (κ1) is 17.6. The molecule has 9 heteroatoms. The zero-order valence-electron chi connectivity index (χ0n) is 13.6. The number of amides is 1. The first-order valence-electron chi connectivity index (χ1n) is 7.94. The number of carbonyl (C=O) groups is 1. The molecule has 0 bridgehead atoms. The minimum atomic E-state index is -2.77. The maximum Gasteiger partial charge on any atom is 0.283 e. The summed E-state index contributed by atoms with van der Waals surface area (Å²) in [6.45, 7) is 5.37. The Hall–Kier alpha value is -1.25. The van der Waals surface area contributed by atoms with Crippen molar-refractivity contribution in [2.45, 2.75) is 44.9 Å². The molecule has 2 aliphatic heterocycles. The molecule has 0 radical (unpaired) electrons. The third-order valence-electron chi connectivity index (χ3n) is 4.68. The lowest BCUT2D eigenvalue weighted by Crippen LogP contribution is -2.49. The topological polar surface area (TPSA) is 56.6 Å². The Labute approximate surface area is 143 Å². The summed E-state index contributed by atoms with van der Waals surface area (Å²) in [7, 11) is 0. The Bertz CT molecular complexity index is 622. The van der Waals surface area contributed by atoms with Crippen LogP contribution in [0.2, 0.25) is 5.02 Å². The number of alkyl halides is 2. The van der Waals surface area contributed by atoms with Crippen LogP contribution in [0, 0.1) is 6.92 Å². The van der Waals surface area contributed by atoms with Crippen LogP contribution in [0.4, 0.5) is 8.78 Å². The van der Waals surface area contributed by atoms with Crippen molar-refractivity contribution in [2.24, 2.45) is 0 Å². The van der Waals surface area contributed by atoms with Crippen molar-refractivity contribution in [1.82, 2.24) is 14.7 Å². The van der Waals surface area contributed by atoms with Gasteiger partial charge in [0.25, 0.3) is 6.43 Å². The minimum absolute atomic E-state index is 0.0880. The number of ether oxygens (including phenoxy) is 2. The number of halogens is 3. The van der Waals surface area contributed by atoms with Gasteiger partial charge in [-0.1, -0.05) is 11.6 Å². The molecule has 134 valence electrons. The van der Waals surface area contributed by atoms with Crippen molar-refractivity contribution in [1.29, 1.82) is 0 Å². The van der Waals surface area contributed by atoms with Crippen molar-refractivity contribution < 1.29 is 23.0 Å². The normalized spacial score (nSPS) is 21.7. The standard InChI is InChI=1S/C15H20ClF2N3O3/c1-9-11(16)12(13(17)18)19-21(9)10(2)14(22)20-5-3-15(4-6-20)23-7-8-24-15/h10,13H,3-8H2,1-2H3/t10-/m0/s1. The van der Waals surface area contributed by atoms with Crippen LogP contribution in [-0.4, -0.2) is 52.7 Å². The molecule has 1 aromatic rings. The van der Waals surface area contributed by atoms with E-state index in [0.717, 1.165) is 0 Å². The summed E-state index contributed by atoms with van der Waals surface area (Å²) in [5.41, 5.74) is -0.122. The molecule has 3 heterocycles. The van der Waals surface area contributed by atoms with Gasteiger partial charge in [-0.3, -0.25) is 9.48 Å². The van der Waals surface area contributed by atoms with Crippen LogP contribution in [0.15, 0.2) is 0 Å². The molecule has 0 aromatic carbocycles. The van der Waals surface area contributed by atoms with Crippen LogP contribution < -0.4 is 0 Å². The molecule has 2 saturated heterocycles. The van der Waals surface area contributed by atoms with Crippen LogP contribution >= 0.6 is 11.6 Å². The van der Waals surface area contributed by atoms with Gasteiger partial charge in [0.15, 0.2) is 5.79 Å². The van der Waals surface area contributed by atoms with Gasteiger partial charge in [-0.25, -0.2) is 8.78 Å². The molecule has 0 unspecified atom stereocenters. The maximum atomic E-state index is 12.9. The van der Waals surface area contributed by atoms with Crippen molar-refractivity contribution in [2.75, 3.05) is 26.3 Å². The van der Waals surface area contributed by atoms with E-state index in [9.17, 15) is 13.6 Å². The highest BCUT2D eigenvalue weighted by molar-refractivity contribution is 6.31. The van der Waals surface area contributed by atoms with Crippen molar-refractivity contribution in [3.63, 3.8) is 0 Å².